The molecular weight excluding hydrogens is 300 g/mol. The number of aliphatic hydroxyl groups excluding tert-OH is 1. The predicted octanol–water partition coefficient (Wildman–Crippen LogP) is 2.56. The molecule has 0 bridgehead atoms. The summed E-state index contributed by atoms with van der Waals surface area (Å²) in [6, 6.07) is 3.97. The van der Waals surface area contributed by atoms with Crippen molar-refractivity contribution in [2.45, 2.75) is 44.1 Å². The molecule has 2 rings (SSSR count). The number of carbonyl (C=O) groups excluding carboxylic acids is 1. The van der Waals surface area contributed by atoms with Crippen LogP contribution in [0.25, 0.3) is 0 Å². The highest BCUT2D eigenvalue weighted by Gasteiger charge is 2.37. The van der Waals surface area contributed by atoms with Gasteiger partial charge in [-0.2, -0.15) is 0 Å². The van der Waals surface area contributed by atoms with Crippen molar-refractivity contribution >= 4 is 17.4 Å². The molecule has 1 unspecified atom stereocenters. The third-order valence-corrected chi connectivity index (χ3v) is 5.80. The molecule has 1 saturated carbocycles. The van der Waals surface area contributed by atoms with E-state index in [1.54, 1.807) is 25.4 Å². The topological polar surface area (TPSA) is 70.6 Å². The number of urea groups is 1. The second kappa shape index (κ2) is 7.94. The van der Waals surface area contributed by atoms with Gasteiger partial charge in [-0.1, -0.05) is 12.8 Å². The van der Waals surface area contributed by atoms with E-state index in [2.05, 4.69) is 16.7 Å². The normalized spacial score (nSPS) is 18.1. The summed E-state index contributed by atoms with van der Waals surface area (Å²) >= 11 is 1.67. The van der Waals surface area contributed by atoms with Gasteiger partial charge in [-0.3, -0.25) is 0 Å². The SMILES string of the molecule is COCCNC(=O)NCC1(c2ccc(C(C)O)s2)CCCC1. The fourth-order valence-corrected chi connectivity index (χ4v) is 4.19. The molecule has 1 aliphatic carbocycles. The Morgan fingerprint density at radius 1 is 1.41 bits per heavy atom. The fourth-order valence-electron chi connectivity index (χ4n) is 3.00. The van der Waals surface area contributed by atoms with E-state index in [4.69, 9.17) is 4.74 Å². The molecule has 1 aromatic rings. The van der Waals surface area contributed by atoms with Gasteiger partial charge in [-0.25, -0.2) is 4.79 Å². The molecule has 0 aromatic carbocycles. The molecule has 0 saturated heterocycles. The maximum atomic E-state index is 11.8. The Balaban J connectivity index is 1.97. The van der Waals surface area contributed by atoms with Gasteiger partial charge in [0.15, 0.2) is 0 Å². The van der Waals surface area contributed by atoms with E-state index >= 15 is 0 Å². The van der Waals surface area contributed by atoms with Gasteiger partial charge in [0.25, 0.3) is 0 Å². The van der Waals surface area contributed by atoms with Crippen molar-refractivity contribution in [3.63, 3.8) is 0 Å². The minimum Gasteiger partial charge on any atom is -0.388 e. The molecule has 6 heteroatoms. The second-order valence-electron chi connectivity index (χ2n) is 5.97. The molecule has 1 aliphatic rings. The molecule has 1 atom stereocenters. The van der Waals surface area contributed by atoms with Crippen molar-refractivity contribution in [3.05, 3.63) is 21.9 Å². The summed E-state index contributed by atoms with van der Waals surface area (Å²) in [7, 11) is 1.61. The fraction of sp³-hybridized carbons (Fsp3) is 0.688. The van der Waals surface area contributed by atoms with Crippen LogP contribution in [0.3, 0.4) is 0 Å². The van der Waals surface area contributed by atoms with Gasteiger partial charge >= 0.3 is 6.03 Å². The van der Waals surface area contributed by atoms with Crippen molar-refractivity contribution < 1.29 is 14.6 Å². The van der Waals surface area contributed by atoms with Crippen molar-refractivity contribution in [3.8, 4) is 0 Å². The number of thiophene rings is 1. The summed E-state index contributed by atoms with van der Waals surface area (Å²) in [5.74, 6) is 0. The second-order valence-corrected chi connectivity index (χ2v) is 7.08. The number of aliphatic hydroxyl groups is 1. The highest BCUT2D eigenvalue weighted by Crippen LogP contribution is 2.44. The Labute approximate surface area is 136 Å². The minimum atomic E-state index is -0.428. The first kappa shape index (κ1) is 17.2. The van der Waals surface area contributed by atoms with Crippen LogP contribution in [0.5, 0.6) is 0 Å². The molecule has 1 heterocycles. The van der Waals surface area contributed by atoms with Crippen molar-refractivity contribution in [1.82, 2.24) is 10.6 Å². The van der Waals surface area contributed by atoms with Crippen LogP contribution in [0.4, 0.5) is 4.79 Å². The van der Waals surface area contributed by atoms with E-state index in [0.717, 1.165) is 17.7 Å². The van der Waals surface area contributed by atoms with Gasteiger partial charge in [-0.15, -0.1) is 11.3 Å². The lowest BCUT2D eigenvalue weighted by molar-refractivity contribution is 0.195. The van der Waals surface area contributed by atoms with E-state index in [0.29, 0.717) is 19.7 Å². The molecule has 124 valence electrons. The maximum absolute atomic E-state index is 11.8. The van der Waals surface area contributed by atoms with E-state index in [1.165, 1.54) is 17.7 Å². The molecule has 0 radical (unpaired) electrons. The van der Waals surface area contributed by atoms with Gasteiger partial charge in [0.1, 0.15) is 0 Å². The lowest BCUT2D eigenvalue weighted by atomic mass is 9.84. The number of carbonyl (C=O) groups is 1. The number of nitrogens with one attached hydrogen (secondary N) is 2. The summed E-state index contributed by atoms with van der Waals surface area (Å²) in [6.07, 6.45) is 4.13. The lowest BCUT2D eigenvalue weighted by Gasteiger charge is -2.28. The molecular formula is C16H26N2O3S. The first-order valence-electron chi connectivity index (χ1n) is 7.86. The van der Waals surface area contributed by atoms with Crippen LogP contribution in [-0.4, -0.2) is 37.9 Å². The Hall–Kier alpha value is -1.11. The maximum Gasteiger partial charge on any atom is 0.314 e. The molecule has 0 spiro atoms. The number of hydrogen-bond acceptors (Lipinski definition) is 4. The molecule has 1 aromatic heterocycles. The first-order valence-corrected chi connectivity index (χ1v) is 8.68. The van der Waals surface area contributed by atoms with E-state index < -0.39 is 6.10 Å². The van der Waals surface area contributed by atoms with Crippen molar-refractivity contribution in [1.29, 1.82) is 0 Å². The lowest BCUT2D eigenvalue weighted by Crippen LogP contribution is -2.44. The molecule has 0 aliphatic heterocycles. The van der Waals surface area contributed by atoms with Gasteiger partial charge < -0.3 is 20.5 Å². The Morgan fingerprint density at radius 2 is 2.14 bits per heavy atom. The van der Waals surface area contributed by atoms with Crippen LogP contribution in [0.15, 0.2) is 12.1 Å². The molecule has 3 N–H and O–H groups in total. The van der Waals surface area contributed by atoms with Crippen LogP contribution in [0.2, 0.25) is 0 Å². The number of ether oxygens (including phenoxy) is 1. The quantitative estimate of drug-likeness (QED) is 0.674. The largest absolute Gasteiger partial charge is 0.388 e. The highest BCUT2D eigenvalue weighted by molar-refractivity contribution is 7.12. The average molecular weight is 326 g/mol. The van der Waals surface area contributed by atoms with Gasteiger partial charge in [0.05, 0.1) is 12.7 Å². The Morgan fingerprint density at radius 3 is 2.73 bits per heavy atom. The van der Waals surface area contributed by atoms with Crippen LogP contribution < -0.4 is 10.6 Å². The van der Waals surface area contributed by atoms with E-state index in [1.807, 2.05) is 6.07 Å². The van der Waals surface area contributed by atoms with Gasteiger partial charge in [0.2, 0.25) is 0 Å². The third-order valence-electron chi connectivity index (χ3n) is 4.30. The third kappa shape index (κ3) is 4.21. The van der Waals surface area contributed by atoms with Gasteiger partial charge in [-0.05, 0) is 31.9 Å². The number of amides is 2. The summed E-state index contributed by atoms with van der Waals surface area (Å²) in [6.45, 7) is 3.46. The molecule has 2 amide bonds. The minimum absolute atomic E-state index is 0.0242. The molecule has 5 nitrogen and oxygen atoms in total. The molecule has 22 heavy (non-hydrogen) atoms. The van der Waals surface area contributed by atoms with Crippen molar-refractivity contribution in [2.75, 3.05) is 26.8 Å². The van der Waals surface area contributed by atoms with E-state index in [-0.39, 0.29) is 11.4 Å². The zero-order valence-corrected chi connectivity index (χ0v) is 14.2. The standard InChI is InChI=1S/C16H26N2O3S/c1-12(19)13-5-6-14(22-13)16(7-3-4-8-16)11-18-15(20)17-9-10-21-2/h5-6,12,19H,3-4,7-11H2,1-2H3,(H2,17,18,20). The number of rotatable bonds is 7. The first-order chi connectivity index (χ1) is 10.6. The summed E-state index contributed by atoms with van der Waals surface area (Å²) in [5, 5.41) is 15.5. The van der Waals surface area contributed by atoms with Crippen LogP contribution >= 0.6 is 11.3 Å². The average Bonchev–Trinajstić information content (AvgIpc) is 3.15. The van der Waals surface area contributed by atoms with E-state index in [9.17, 15) is 9.90 Å². The highest BCUT2D eigenvalue weighted by atomic mass is 32.1. The Bertz CT molecular complexity index is 481. The zero-order chi connectivity index (χ0) is 16.0. The van der Waals surface area contributed by atoms with Crippen LogP contribution in [0.1, 0.15) is 48.5 Å². The Kier molecular flexibility index (Phi) is 6.23. The summed E-state index contributed by atoms with van der Waals surface area (Å²) in [4.78, 5) is 14.1. The van der Waals surface area contributed by atoms with Gasteiger partial charge in [0, 0.05) is 35.4 Å². The zero-order valence-electron chi connectivity index (χ0n) is 13.4. The monoisotopic (exact) mass is 326 g/mol. The predicted molar refractivity (Wildman–Crippen MR) is 88.4 cm³/mol. The summed E-state index contributed by atoms with van der Waals surface area (Å²) in [5.41, 5.74) is 0.0242. The number of hydrogen-bond donors (Lipinski definition) is 3. The van der Waals surface area contributed by atoms with Crippen LogP contribution in [-0.2, 0) is 10.2 Å². The molecule has 1 fully saturated rings. The summed E-state index contributed by atoms with van der Waals surface area (Å²) < 4.78 is 4.92. The van der Waals surface area contributed by atoms with Crippen molar-refractivity contribution in [2.24, 2.45) is 0 Å². The number of methoxy groups -OCH3 is 1. The van der Waals surface area contributed by atoms with Crippen LogP contribution in [0, 0.1) is 0 Å². The smallest absolute Gasteiger partial charge is 0.314 e.